The quantitative estimate of drug-likeness (QED) is 0.886. The first-order valence-corrected chi connectivity index (χ1v) is 7.55. The number of halogens is 1. The zero-order valence-electron chi connectivity index (χ0n) is 13.0. The highest BCUT2D eigenvalue weighted by Crippen LogP contribution is 2.34. The second-order valence-corrected chi connectivity index (χ2v) is 5.77. The Bertz CT molecular complexity index is 544. The van der Waals surface area contributed by atoms with E-state index in [2.05, 4.69) is 17.6 Å². The third kappa shape index (κ3) is 3.47. The molecule has 1 aromatic rings. The molecule has 2 aliphatic heterocycles. The number of rotatable bonds is 4. The van der Waals surface area contributed by atoms with E-state index in [4.69, 9.17) is 9.47 Å². The Morgan fingerprint density at radius 2 is 2.32 bits per heavy atom. The summed E-state index contributed by atoms with van der Waals surface area (Å²) in [6.07, 6.45) is 3.08. The molecule has 5 nitrogen and oxygen atoms in total. The molecular weight excluding hydrogens is 304 g/mol. The standard InChI is InChI=1S/C16H22N2O3.ClH/c1-10-6-11-7-14(20-2)12(8-15(11)21-10)9-18-16(19)13-4-3-5-17-13;/h7-8,10,13,17H,3-6,9H2,1-2H3,(H,18,19);1H. The van der Waals surface area contributed by atoms with Crippen LogP contribution in [-0.4, -0.2) is 31.7 Å². The lowest BCUT2D eigenvalue weighted by molar-refractivity contribution is -0.122. The van der Waals surface area contributed by atoms with Crippen molar-refractivity contribution in [1.82, 2.24) is 10.6 Å². The normalized spacial score (nSPS) is 22.5. The fourth-order valence-corrected chi connectivity index (χ4v) is 3.02. The van der Waals surface area contributed by atoms with Crippen molar-refractivity contribution in [2.24, 2.45) is 0 Å². The van der Waals surface area contributed by atoms with Crippen molar-refractivity contribution in [3.63, 3.8) is 0 Å². The zero-order valence-corrected chi connectivity index (χ0v) is 13.8. The molecule has 1 aromatic carbocycles. The topological polar surface area (TPSA) is 59.6 Å². The van der Waals surface area contributed by atoms with Crippen LogP contribution < -0.4 is 20.1 Å². The summed E-state index contributed by atoms with van der Waals surface area (Å²) in [5.41, 5.74) is 2.13. The van der Waals surface area contributed by atoms with E-state index in [-0.39, 0.29) is 30.5 Å². The molecule has 2 atom stereocenters. The summed E-state index contributed by atoms with van der Waals surface area (Å²) in [5.74, 6) is 1.78. The highest BCUT2D eigenvalue weighted by atomic mass is 35.5. The summed E-state index contributed by atoms with van der Waals surface area (Å²) in [7, 11) is 1.66. The van der Waals surface area contributed by atoms with Crippen LogP contribution in [0, 0.1) is 0 Å². The van der Waals surface area contributed by atoms with Crippen LogP contribution in [0.5, 0.6) is 11.5 Å². The molecule has 22 heavy (non-hydrogen) atoms. The van der Waals surface area contributed by atoms with Gasteiger partial charge >= 0.3 is 0 Å². The number of carbonyl (C=O) groups excluding carboxylic acids is 1. The Labute approximate surface area is 137 Å². The molecule has 1 fully saturated rings. The first-order valence-electron chi connectivity index (χ1n) is 7.55. The first kappa shape index (κ1) is 16.9. The number of benzene rings is 1. The van der Waals surface area contributed by atoms with E-state index in [1.54, 1.807) is 7.11 Å². The van der Waals surface area contributed by atoms with Crippen LogP contribution in [0.2, 0.25) is 0 Å². The van der Waals surface area contributed by atoms with Gasteiger partial charge in [0, 0.05) is 24.1 Å². The minimum absolute atomic E-state index is 0. The predicted octanol–water partition coefficient (Wildman–Crippen LogP) is 1.81. The van der Waals surface area contributed by atoms with Crippen molar-refractivity contribution in [3.8, 4) is 11.5 Å². The lowest BCUT2D eigenvalue weighted by Crippen LogP contribution is -2.40. The van der Waals surface area contributed by atoms with Crippen molar-refractivity contribution in [2.45, 2.75) is 44.9 Å². The van der Waals surface area contributed by atoms with E-state index < -0.39 is 0 Å². The highest BCUT2D eigenvalue weighted by Gasteiger charge is 2.24. The summed E-state index contributed by atoms with van der Waals surface area (Å²) in [6.45, 7) is 3.44. The van der Waals surface area contributed by atoms with E-state index in [1.807, 2.05) is 12.1 Å². The lowest BCUT2D eigenvalue weighted by Gasteiger charge is -2.14. The molecule has 0 bridgehead atoms. The molecule has 0 saturated carbocycles. The summed E-state index contributed by atoms with van der Waals surface area (Å²) in [5, 5.41) is 6.18. The zero-order chi connectivity index (χ0) is 14.8. The third-order valence-electron chi connectivity index (χ3n) is 4.13. The molecule has 0 spiro atoms. The largest absolute Gasteiger partial charge is 0.496 e. The number of hydrogen-bond donors (Lipinski definition) is 2. The number of nitrogens with one attached hydrogen (secondary N) is 2. The van der Waals surface area contributed by atoms with Crippen molar-refractivity contribution >= 4 is 18.3 Å². The highest BCUT2D eigenvalue weighted by molar-refractivity contribution is 5.85. The Morgan fingerprint density at radius 1 is 1.50 bits per heavy atom. The van der Waals surface area contributed by atoms with Crippen LogP contribution in [0.25, 0.3) is 0 Å². The van der Waals surface area contributed by atoms with Crippen molar-refractivity contribution in [3.05, 3.63) is 23.3 Å². The maximum atomic E-state index is 12.1. The van der Waals surface area contributed by atoms with Gasteiger partial charge in [-0.3, -0.25) is 4.79 Å². The molecular formula is C16H23ClN2O3. The molecule has 2 N–H and O–H groups in total. The molecule has 1 amide bonds. The number of fused-ring (bicyclic) bond motifs is 1. The summed E-state index contributed by atoms with van der Waals surface area (Å²) in [4.78, 5) is 12.1. The minimum atomic E-state index is -0.0540. The summed E-state index contributed by atoms with van der Waals surface area (Å²) >= 11 is 0. The van der Waals surface area contributed by atoms with Crippen molar-refractivity contribution in [2.75, 3.05) is 13.7 Å². The molecule has 0 radical (unpaired) electrons. The van der Waals surface area contributed by atoms with Gasteiger partial charge in [-0.15, -0.1) is 12.4 Å². The third-order valence-corrected chi connectivity index (χ3v) is 4.13. The van der Waals surface area contributed by atoms with Gasteiger partial charge in [0.15, 0.2) is 0 Å². The van der Waals surface area contributed by atoms with Crippen LogP contribution in [0.3, 0.4) is 0 Å². The van der Waals surface area contributed by atoms with Crippen LogP contribution in [-0.2, 0) is 17.8 Å². The summed E-state index contributed by atoms with van der Waals surface area (Å²) < 4.78 is 11.2. The number of ether oxygens (including phenoxy) is 2. The Kier molecular flexibility index (Phi) is 5.53. The van der Waals surface area contributed by atoms with Gasteiger partial charge in [-0.25, -0.2) is 0 Å². The smallest absolute Gasteiger partial charge is 0.237 e. The maximum absolute atomic E-state index is 12.1. The fraction of sp³-hybridized carbons (Fsp3) is 0.562. The average Bonchev–Trinajstić information content (AvgIpc) is 3.11. The van der Waals surface area contributed by atoms with Gasteiger partial charge in [-0.1, -0.05) is 0 Å². The molecule has 3 rings (SSSR count). The van der Waals surface area contributed by atoms with Gasteiger partial charge in [-0.05, 0) is 38.4 Å². The van der Waals surface area contributed by atoms with Crippen molar-refractivity contribution in [1.29, 1.82) is 0 Å². The minimum Gasteiger partial charge on any atom is -0.496 e. The number of carbonyl (C=O) groups is 1. The van der Waals surface area contributed by atoms with E-state index in [9.17, 15) is 4.79 Å². The van der Waals surface area contributed by atoms with Gasteiger partial charge in [-0.2, -0.15) is 0 Å². The monoisotopic (exact) mass is 326 g/mol. The van der Waals surface area contributed by atoms with Gasteiger partial charge in [0.05, 0.1) is 13.2 Å². The van der Waals surface area contributed by atoms with E-state index in [0.29, 0.717) is 6.54 Å². The van der Waals surface area contributed by atoms with Gasteiger partial charge < -0.3 is 20.1 Å². The van der Waals surface area contributed by atoms with Crippen LogP contribution in [0.15, 0.2) is 12.1 Å². The molecule has 122 valence electrons. The SMILES string of the molecule is COc1cc2c(cc1CNC(=O)C1CCCN1)OC(C)C2.Cl. The van der Waals surface area contributed by atoms with E-state index in [1.165, 1.54) is 5.56 Å². The molecule has 6 heteroatoms. The molecule has 1 saturated heterocycles. The van der Waals surface area contributed by atoms with E-state index in [0.717, 1.165) is 42.9 Å². The van der Waals surface area contributed by atoms with Gasteiger partial charge in [0.25, 0.3) is 0 Å². The predicted molar refractivity (Wildman–Crippen MR) is 86.9 cm³/mol. The van der Waals surface area contributed by atoms with Gasteiger partial charge in [0.1, 0.15) is 17.6 Å². The first-order chi connectivity index (χ1) is 10.2. The molecule has 2 unspecified atom stereocenters. The number of hydrogen-bond acceptors (Lipinski definition) is 4. The summed E-state index contributed by atoms with van der Waals surface area (Å²) in [6, 6.07) is 3.95. The van der Waals surface area contributed by atoms with Gasteiger partial charge in [0.2, 0.25) is 5.91 Å². The van der Waals surface area contributed by atoms with Crippen molar-refractivity contribution < 1.29 is 14.3 Å². The Morgan fingerprint density at radius 3 is 3.00 bits per heavy atom. The Balaban J connectivity index is 0.00000176. The Hall–Kier alpha value is -1.46. The number of methoxy groups -OCH3 is 1. The average molecular weight is 327 g/mol. The molecule has 2 aliphatic rings. The molecule has 2 heterocycles. The second-order valence-electron chi connectivity index (χ2n) is 5.77. The maximum Gasteiger partial charge on any atom is 0.237 e. The van der Waals surface area contributed by atoms with Crippen LogP contribution >= 0.6 is 12.4 Å². The molecule has 0 aliphatic carbocycles. The molecule has 0 aromatic heterocycles. The van der Waals surface area contributed by atoms with E-state index >= 15 is 0 Å². The second kappa shape index (κ2) is 7.20. The van der Waals surface area contributed by atoms with Crippen LogP contribution in [0.4, 0.5) is 0 Å². The number of amides is 1. The fourth-order valence-electron chi connectivity index (χ4n) is 3.02. The lowest BCUT2D eigenvalue weighted by atomic mass is 10.1. The van der Waals surface area contributed by atoms with Crippen LogP contribution in [0.1, 0.15) is 30.9 Å².